The van der Waals surface area contributed by atoms with Crippen molar-refractivity contribution in [2.24, 2.45) is 5.92 Å². The number of carbonyl (C=O) groups is 2. The first-order chi connectivity index (χ1) is 15.2. The Bertz CT molecular complexity index is 873. The van der Waals surface area contributed by atoms with Crippen LogP contribution in [0.3, 0.4) is 0 Å². The van der Waals surface area contributed by atoms with Gasteiger partial charge in [0.1, 0.15) is 6.04 Å². The van der Waals surface area contributed by atoms with E-state index in [-0.39, 0.29) is 11.8 Å². The van der Waals surface area contributed by atoms with Crippen LogP contribution < -0.4 is 5.32 Å². The molecule has 174 valence electrons. The van der Waals surface area contributed by atoms with Crippen LogP contribution in [0.4, 0.5) is 0 Å². The molecule has 0 aliphatic heterocycles. The summed E-state index contributed by atoms with van der Waals surface area (Å²) in [4.78, 5) is 28.0. The molecule has 32 heavy (non-hydrogen) atoms. The normalized spacial score (nSPS) is 12.0. The standard InChI is InChI=1S/C27H38N2O2S/c1-7-25(27(31)28-15-19(2)3)29(16-23-10-8-20(4)9-11-23)26(30)18-32-17-24-13-21(5)12-22(6)14-24/h8-14,19,25H,7,15-18H2,1-6H3,(H,28,31)/t25-/m0/s1. The van der Waals surface area contributed by atoms with Gasteiger partial charge in [-0.1, -0.05) is 79.9 Å². The Balaban J connectivity index is 2.12. The van der Waals surface area contributed by atoms with Crippen molar-refractivity contribution in [3.8, 4) is 0 Å². The van der Waals surface area contributed by atoms with E-state index in [4.69, 9.17) is 0 Å². The molecule has 0 saturated heterocycles. The zero-order valence-electron chi connectivity index (χ0n) is 20.4. The summed E-state index contributed by atoms with van der Waals surface area (Å²) in [6.45, 7) is 13.4. The van der Waals surface area contributed by atoms with Crippen LogP contribution in [0.25, 0.3) is 0 Å². The highest BCUT2D eigenvalue weighted by molar-refractivity contribution is 7.99. The SMILES string of the molecule is CC[C@@H](C(=O)NCC(C)C)N(Cc1ccc(C)cc1)C(=O)CSCc1cc(C)cc(C)c1. The second kappa shape index (κ2) is 12.7. The van der Waals surface area contributed by atoms with Crippen LogP contribution in [0, 0.1) is 26.7 Å². The molecule has 0 unspecified atom stereocenters. The first kappa shape index (κ1) is 26.0. The number of aryl methyl sites for hydroxylation is 3. The van der Waals surface area contributed by atoms with Crippen molar-refractivity contribution in [3.63, 3.8) is 0 Å². The fourth-order valence-electron chi connectivity index (χ4n) is 3.72. The third kappa shape index (κ3) is 8.34. The Kier molecular flexibility index (Phi) is 10.3. The van der Waals surface area contributed by atoms with Gasteiger partial charge >= 0.3 is 0 Å². The molecule has 0 aromatic heterocycles. The smallest absolute Gasteiger partial charge is 0.242 e. The largest absolute Gasteiger partial charge is 0.354 e. The number of hydrogen-bond acceptors (Lipinski definition) is 3. The van der Waals surface area contributed by atoms with Crippen molar-refractivity contribution >= 4 is 23.6 Å². The molecule has 2 aromatic carbocycles. The number of hydrogen-bond donors (Lipinski definition) is 1. The lowest BCUT2D eigenvalue weighted by atomic mass is 10.1. The summed E-state index contributed by atoms with van der Waals surface area (Å²) in [6, 6.07) is 14.2. The Morgan fingerprint density at radius 1 is 0.938 bits per heavy atom. The zero-order chi connectivity index (χ0) is 23.7. The molecule has 1 atom stereocenters. The third-order valence-corrected chi connectivity index (χ3v) is 6.31. The Morgan fingerprint density at radius 2 is 1.56 bits per heavy atom. The predicted molar refractivity (Wildman–Crippen MR) is 136 cm³/mol. The summed E-state index contributed by atoms with van der Waals surface area (Å²) in [6.07, 6.45) is 0.587. The first-order valence-corrected chi connectivity index (χ1v) is 12.6. The van der Waals surface area contributed by atoms with E-state index in [1.807, 2.05) is 38.1 Å². The third-order valence-electron chi connectivity index (χ3n) is 5.32. The molecule has 0 radical (unpaired) electrons. The number of nitrogens with zero attached hydrogens (tertiary/aromatic N) is 1. The van der Waals surface area contributed by atoms with Crippen LogP contribution in [0.5, 0.6) is 0 Å². The maximum absolute atomic E-state index is 13.3. The molecule has 0 aliphatic rings. The van der Waals surface area contributed by atoms with E-state index >= 15 is 0 Å². The Hall–Kier alpha value is -2.27. The predicted octanol–water partition coefficient (Wildman–Crippen LogP) is 5.42. The second-order valence-corrected chi connectivity index (χ2v) is 10.0. The molecule has 1 N–H and O–H groups in total. The minimum absolute atomic E-state index is 0.00602. The van der Waals surface area contributed by atoms with Crippen molar-refractivity contribution in [2.75, 3.05) is 12.3 Å². The van der Waals surface area contributed by atoms with E-state index in [2.05, 4.69) is 51.2 Å². The van der Waals surface area contributed by atoms with Crippen LogP contribution in [0.2, 0.25) is 0 Å². The summed E-state index contributed by atoms with van der Waals surface area (Å²) in [5, 5.41) is 3.02. The highest BCUT2D eigenvalue weighted by atomic mass is 32.2. The van der Waals surface area contributed by atoms with Gasteiger partial charge in [-0.3, -0.25) is 9.59 Å². The average molecular weight is 455 g/mol. The van der Waals surface area contributed by atoms with E-state index < -0.39 is 6.04 Å². The summed E-state index contributed by atoms with van der Waals surface area (Å²) in [7, 11) is 0. The van der Waals surface area contributed by atoms with Gasteiger partial charge in [0.2, 0.25) is 11.8 Å². The quantitative estimate of drug-likeness (QED) is 0.493. The lowest BCUT2D eigenvalue weighted by molar-refractivity contribution is -0.139. The molecule has 2 aromatic rings. The molecule has 2 rings (SSSR count). The molecular weight excluding hydrogens is 416 g/mol. The Labute approximate surface area is 198 Å². The molecular formula is C27H38N2O2S. The van der Waals surface area contributed by atoms with Crippen LogP contribution in [0.15, 0.2) is 42.5 Å². The van der Waals surface area contributed by atoms with E-state index in [0.29, 0.717) is 31.2 Å². The molecule has 2 amide bonds. The molecule has 0 saturated carbocycles. The van der Waals surface area contributed by atoms with Gasteiger partial charge < -0.3 is 10.2 Å². The number of amides is 2. The minimum Gasteiger partial charge on any atom is -0.354 e. The van der Waals surface area contributed by atoms with Crippen molar-refractivity contribution in [3.05, 3.63) is 70.3 Å². The number of carbonyl (C=O) groups excluding carboxylic acids is 2. The average Bonchev–Trinajstić information content (AvgIpc) is 2.72. The zero-order valence-corrected chi connectivity index (χ0v) is 21.2. The lowest BCUT2D eigenvalue weighted by Crippen LogP contribution is -2.50. The summed E-state index contributed by atoms with van der Waals surface area (Å²) >= 11 is 1.61. The number of rotatable bonds is 11. The monoisotopic (exact) mass is 454 g/mol. The fourth-order valence-corrected chi connectivity index (χ4v) is 4.57. The summed E-state index contributed by atoms with van der Waals surface area (Å²) < 4.78 is 0. The van der Waals surface area contributed by atoms with Gasteiger partial charge in [0.05, 0.1) is 5.75 Å². The summed E-state index contributed by atoms with van der Waals surface area (Å²) in [5.74, 6) is 1.44. The van der Waals surface area contributed by atoms with Crippen molar-refractivity contribution in [1.82, 2.24) is 10.2 Å². The second-order valence-electron chi connectivity index (χ2n) is 9.06. The molecule has 0 fully saturated rings. The van der Waals surface area contributed by atoms with Gasteiger partial charge in [-0.05, 0) is 44.2 Å². The molecule has 0 heterocycles. The molecule has 4 nitrogen and oxygen atoms in total. The van der Waals surface area contributed by atoms with Gasteiger partial charge in [-0.2, -0.15) is 0 Å². The molecule has 0 spiro atoms. The van der Waals surface area contributed by atoms with Crippen molar-refractivity contribution in [2.45, 2.75) is 66.3 Å². The van der Waals surface area contributed by atoms with E-state index in [9.17, 15) is 9.59 Å². The van der Waals surface area contributed by atoms with Gasteiger partial charge in [0.25, 0.3) is 0 Å². The highest BCUT2D eigenvalue weighted by Gasteiger charge is 2.28. The maximum Gasteiger partial charge on any atom is 0.242 e. The number of benzene rings is 2. The Morgan fingerprint density at radius 3 is 2.12 bits per heavy atom. The minimum atomic E-state index is -0.468. The van der Waals surface area contributed by atoms with Gasteiger partial charge in [0, 0.05) is 18.8 Å². The van der Waals surface area contributed by atoms with E-state index in [1.54, 1.807) is 16.7 Å². The lowest BCUT2D eigenvalue weighted by Gasteiger charge is -2.31. The molecule has 0 bridgehead atoms. The topological polar surface area (TPSA) is 49.4 Å². The van der Waals surface area contributed by atoms with Gasteiger partial charge in [-0.25, -0.2) is 0 Å². The molecule has 5 heteroatoms. The van der Waals surface area contributed by atoms with Crippen LogP contribution in [0.1, 0.15) is 55.0 Å². The van der Waals surface area contributed by atoms with Gasteiger partial charge in [-0.15, -0.1) is 11.8 Å². The van der Waals surface area contributed by atoms with Crippen molar-refractivity contribution in [1.29, 1.82) is 0 Å². The number of thioether (sulfide) groups is 1. The van der Waals surface area contributed by atoms with Gasteiger partial charge in [0.15, 0.2) is 0 Å². The van der Waals surface area contributed by atoms with Crippen molar-refractivity contribution < 1.29 is 9.59 Å². The van der Waals surface area contributed by atoms with Crippen LogP contribution >= 0.6 is 11.8 Å². The van der Waals surface area contributed by atoms with E-state index in [0.717, 1.165) is 11.3 Å². The first-order valence-electron chi connectivity index (χ1n) is 11.5. The summed E-state index contributed by atoms with van der Waals surface area (Å²) in [5.41, 5.74) is 5.92. The van der Waals surface area contributed by atoms with E-state index in [1.165, 1.54) is 22.3 Å². The fraction of sp³-hybridized carbons (Fsp3) is 0.481. The highest BCUT2D eigenvalue weighted by Crippen LogP contribution is 2.19. The molecule has 0 aliphatic carbocycles. The number of nitrogens with one attached hydrogen (secondary N) is 1. The van der Waals surface area contributed by atoms with Crippen LogP contribution in [-0.4, -0.2) is 35.1 Å². The van der Waals surface area contributed by atoms with Crippen LogP contribution in [-0.2, 0) is 21.9 Å². The maximum atomic E-state index is 13.3.